The van der Waals surface area contributed by atoms with E-state index in [0.717, 1.165) is 28.2 Å². The Bertz CT molecular complexity index is 1420. The minimum Gasteiger partial charge on any atom is -0.457 e. The fraction of sp³-hybridized carbons (Fsp3) is 0.200. The third-order valence-electron chi connectivity index (χ3n) is 6.77. The van der Waals surface area contributed by atoms with Gasteiger partial charge in [0.05, 0.1) is 10.9 Å². The number of piperidine rings is 1. The molecule has 1 fully saturated rings. The molecule has 6 heteroatoms. The third kappa shape index (κ3) is 5.19. The Hall–Kier alpha value is -3.12. The zero-order valence-electron chi connectivity index (χ0n) is 20.0. The van der Waals surface area contributed by atoms with Gasteiger partial charge in [-0.3, -0.25) is 0 Å². The van der Waals surface area contributed by atoms with Crippen LogP contribution in [0.3, 0.4) is 0 Å². The number of benzene rings is 4. The number of rotatable bonds is 6. The molecule has 1 aliphatic heterocycles. The fourth-order valence-electron chi connectivity index (χ4n) is 4.87. The standard InChI is InChI=1S/C30H28ClNO3S/c1-22-11-17-27(18-12-22)36(33,34)32-20-19-24(21-29(32)23-13-15-25(31)16-14-23)28-9-5-6-10-30(28)35-26-7-3-2-4-8-26/h2-18,24,29H,19-21H2,1H3/t24-,29-/m1/s1. The molecule has 1 saturated heterocycles. The van der Waals surface area contributed by atoms with Crippen molar-refractivity contribution < 1.29 is 13.2 Å². The van der Waals surface area contributed by atoms with Crippen molar-refractivity contribution in [2.24, 2.45) is 0 Å². The smallest absolute Gasteiger partial charge is 0.243 e. The molecule has 184 valence electrons. The number of aryl methyl sites for hydroxylation is 1. The van der Waals surface area contributed by atoms with Crippen molar-refractivity contribution in [2.45, 2.75) is 36.6 Å². The van der Waals surface area contributed by atoms with Gasteiger partial charge in [0, 0.05) is 11.6 Å². The Morgan fingerprint density at radius 3 is 2.22 bits per heavy atom. The van der Waals surface area contributed by atoms with E-state index in [2.05, 4.69) is 6.07 Å². The molecule has 0 spiro atoms. The van der Waals surface area contributed by atoms with E-state index >= 15 is 0 Å². The minimum atomic E-state index is -3.68. The van der Waals surface area contributed by atoms with E-state index in [1.807, 2.05) is 91.9 Å². The summed E-state index contributed by atoms with van der Waals surface area (Å²) in [5.74, 6) is 1.71. The summed E-state index contributed by atoms with van der Waals surface area (Å²) in [6.07, 6.45) is 1.34. The van der Waals surface area contributed by atoms with Crippen LogP contribution in [0.25, 0.3) is 0 Å². The van der Waals surface area contributed by atoms with Crippen LogP contribution in [0.4, 0.5) is 0 Å². The van der Waals surface area contributed by atoms with Crippen molar-refractivity contribution in [2.75, 3.05) is 6.54 Å². The Balaban J connectivity index is 1.50. The van der Waals surface area contributed by atoms with Crippen LogP contribution in [-0.4, -0.2) is 19.3 Å². The second-order valence-corrected chi connectivity index (χ2v) is 11.5. The first-order chi connectivity index (χ1) is 17.4. The van der Waals surface area contributed by atoms with Crippen LogP contribution >= 0.6 is 11.6 Å². The Morgan fingerprint density at radius 2 is 1.50 bits per heavy atom. The van der Waals surface area contributed by atoms with E-state index in [1.165, 1.54) is 0 Å². The highest BCUT2D eigenvalue weighted by atomic mass is 35.5. The average molecular weight is 518 g/mol. The number of ether oxygens (including phenoxy) is 1. The molecular weight excluding hydrogens is 490 g/mol. The van der Waals surface area contributed by atoms with Crippen LogP contribution in [0.5, 0.6) is 11.5 Å². The van der Waals surface area contributed by atoms with E-state index in [9.17, 15) is 8.42 Å². The number of hydrogen-bond donors (Lipinski definition) is 0. The topological polar surface area (TPSA) is 46.6 Å². The van der Waals surface area contributed by atoms with Crippen LogP contribution in [0.15, 0.2) is 108 Å². The van der Waals surface area contributed by atoms with E-state index in [1.54, 1.807) is 16.4 Å². The number of nitrogens with zero attached hydrogens (tertiary/aromatic N) is 1. The summed E-state index contributed by atoms with van der Waals surface area (Å²) in [6.45, 7) is 2.36. The van der Waals surface area contributed by atoms with Gasteiger partial charge in [0.1, 0.15) is 11.5 Å². The molecule has 2 atom stereocenters. The van der Waals surface area contributed by atoms with Gasteiger partial charge in [-0.05, 0) is 79.3 Å². The highest BCUT2D eigenvalue weighted by Gasteiger charge is 2.38. The van der Waals surface area contributed by atoms with Crippen LogP contribution < -0.4 is 4.74 Å². The van der Waals surface area contributed by atoms with Crippen molar-refractivity contribution in [1.82, 2.24) is 4.31 Å². The number of sulfonamides is 1. The van der Waals surface area contributed by atoms with E-state index in [-0.39, 0.29) is 12.0 Å². The number of hydrogen-bond acceptors (Lipinski definition) is 3. The molecule has 0 N–H and O–H groups in total. The summed E-state index contributed by atoms with van der Waals surface area (Å²) >= 11 is 6.16. The van der Waals surface area contributed by atoms with Crippen LogP contribution in [0, 0.1) is 6.92 Å². The lowest BCUT2D eigenvalue weighted by molar-refractivity contribution is 0.232. The Morgan fingerprint density at radius 1 is 0.833 bits per heavy atom. The van der Waals surface area contributed by atoms with Crippen LogP contribution in [-0.2, 0) is 10.0 Å². The van der Waals surface area contributed by atoms with Gasteiger partial charge in [-0.15, -0.1) is 0 Å². The number of para-hydroxylation sites is 2. The predicted molar refractivity (Wildman–Crippen MR) is 144 cm³/mol. The third-order valence-corrected chi connectivity index (χ3v) is 8.94. The van der Waals surface area contributed by atoms with Gasteiger partial charge in [0.2, 0.25) is 10.0 Å². The maximum absolute atomic E-state index is 13.8. The fourth-order valence-corrected chi connectivity index (χ4v) is 6.64. The van der Waals surface area contributed by atoms with Crippen LogP contribution in [0.2, 0.25) is 5.02 Å². The minimum absolute atomic E-state index is 0.134. The molecule has 5 rings (SSSR count). The molecular formula is C30H28ClNO3S. The predicted octanol–water partition coefficient (Wildman–Crippen LogP) is 7.75. The molecule has 4 nitrogen and oxygen atoms in total. The number of halogens is 1. The molecule has 36 heavy (non-hydrogen) atoms. The first-order valence-corrected chi connectivity index (χ1v) is 13.9. The molecule has 1 aliphatic rings. The molecule has 0 radical (unpaired) electrons. The molecule has 1 heterocycles. The summed E-state index contributed by atoms with van der Waals surface area (Å²) in [4.78, 5) is 0.318. The van der Waals surface area contributed by atoms with Gasteiger partial charge < -0.3 is 4.74 Å². The summed E-state index contributed by atoms with van der Waals surface area (Å²) in [7, 11) is -3.68. The molecule has 4 aromatic carbocycles. The molecule has 0 saturated carbocycles. The maximum atomic E-state index is 13.8. The molecule has 0 aliphatic carbocycles. The SMILES string of the molecule is Cc1ccc(S(=O)(=O)N2CC[C@@H](c3ccccc3Oc3ccccc3)C[C@@H]2c2ccc(Cl)cc2)cc1. The summed E-state index contributed by atoms with van der Waals surface area (Å²) < 4.78 is 35.4. The normalized spacial score (nSPS) is 18.6. The second kappa shape index (κ2) is 10.5. The van der Waals surface area contributed by atoms with Crippen molar-refractivity contribution in [1.29, 1.82) is 0 Å². The first-order valence-electron chi connectivity index (χ1n) is 12.1. The molecule has 0 unspecified atom stereocenters. The van der Waals surface area contributed by atoms with Crippen molar-refractivity contribution in [3.05, 3.63) is 125 Å². The highest BCUT2D eigenvalue weighted by Crippen LogP contribution is 2.45. The summed E-state index contributed by atoms with van der Waals surface area (Å²) in [5.41, 5.74) is 3.05. The van der Waals surface area contributed by atoms with Gasteiger partial charge in [-0.25, -0.2) is 8.42 Å². The molecule has 0 aromatic heterocycles. The zero-order chi connectivity index (χ0) is 25.1. The Kier molecular flexibility index (Phi) is 7.15. The quantitative estimate of drug-likeness (QED) is 0.262. The van der Waals surface area contributed by atoms with Crippen LogP contribution in [0.1, 0.15) is 41.5 Å². The molecule has 0 amide bonds. The van der Waals surface area contributed by atoms with Crippen molar-refractivity contribution >= 4 is 21.6 Å². The van der Waals surface area contributed by atoms with Gasteiger partial charge in [0.25, 0.3) is 0 Å². The van der Waals surface area contributed by atoms with E-state index < -0.39 is 10.0 Å². The average Bonchev–Trinajstić information content (AvgIpc) is 2.90. The lowest BCUT2D eigenvalue weighted by Crippen LogP contribution is -2.40. The van der Waals surface area contributed by atoms with Gasteiger partial charge >= 0.3 is 0 Å². The van der Waals surface area contributed by atoms with E-state index in [4.69, 9.17) is 16.3 Å². The Labute approximate surface area is 218 Å². The van der Waals surface area contributed by atoms with Gasteiger partial charge in [-0.1, -0.05) is 77.8 Å². The zero-order valence-corrected chi connectivity index (χ0v) is 21.6. The molecule has 4 aromatic rings. The summed E-state index contributed by atoms with van der Waals surface area (Å²) in [5, 5.41) is 0.626. The van der Waals surface area contributed by atoms with Crippen molar-refractivity contribution in [3.63, 3.8) is 0 Å². The maximum Gasteiger partial charge on any atom is 0.243 e. The molecule has 0 bridgehead atoms. The highest BCUT2D eigenvalue weighted by molar-refractivity contribution is 7.89. The monoisotopic (exact) mass is 517 g/mol. The lowest BCUT2D eigenvalue weighted by Gasteiger charge is -2.39. The summed E-state index contributed by atoms with van der Waals surface area (Å²) in [6, 6.07) is 32.0. The lowest BCUT2D eigenvalue weighted by atomic mass is 9.83. The van der Waals surface area contributed by atoms with Gasteiger partial charge in [-0.2, -0.15) is 4.31 Å². The first kappa shape index (κ1) is 24.6. The second-order valence-electron chi connectivity index (χ2n) is 9.17. The van der Waals surface area contributed by atoms with Crippen molar-refractivity contribution in [3.8, 4) is 11.5 Å². The van der Waals surface area contributed by atoms with E-state index in [0.29, 0.717) is 29.3 Å². The largest absolute Gasteiger partial charge is 0.457 e. The van der Waals surface area contributed by atoms with Gasteiger partial charge in [0.15, 0.2) is 0 Å².